The molecule has 1 N–H and O–H groups in total. The summed E-state index contributed by atoms with van der Waals surface area (Å²) in [7, 11) is 2.96. The maximum Gasteiger partial charge on any atom is 0.263 e. The summed E-state index contributed by atoms with van der Waals surface area (Å²) in [6.45, 7) is 1.84. The number of hydrogen-bond acceptors (Lipinski definition) is 8. The number of nitrogens with zero attached hydrogens (tertiary/aromatic N) is 4. The molecule has 10 heteroatoms. The normalized spacial score (nSPS) is 19.3. The van der Waals surface area contributed by atoms with Gasteiger partial charge in [0.2, 0.25) is 5.91 Å². The van der Waals surface area contributed by atoms with Gasteiger partial charge in [0, 0.05) is 11.8 Å². The molecule has 0 saturated carbocycles. The maximum atomic E-state index is 13.1. The highest BCUT2D eigenvalue weighted by atomic mass is 16.5. The maximum absolute atomic E-state index is 13.1. The van der Waals surface area contributed by atoms with Crippen molar-refractivity contribution in [2.45, 2.75) is 25.4 Å². The second-order valence-electron chi connectivity index (χ2n) is 7.34. The largest absolute Gasteiger partial charge is 0.493 e. The van der Waals surface area contributed by atoms with Crippen LogP contribution in [0.2, 0.25) is 0 Å². The zero-order chi connectivity index (χ0) is 22.8. The van der Waals surface area contributed by atoms with Crippen LogP contribution in [0.25, 0.3) is 0 Å². The van der Waals surface area contributed by atoms with E-state index in [1.54, 1.807) is 18.2 Å². The van der Waals surface area contributed by atoms with Crippen LogP contribution in [-0.2, 0) is 20.8 Å². The van der Waals surface area contributed by atoms with Crippen molar-refractivity contribution in [3.8, 4) is 11.5 Å². The minimum Gasteiger partial charge on any atom is -0.493 e. The lowest BCUT2D eigenvalue weighted by Crippen LogP contribution is -2.43. The molecule has 2 aliphatic heterocycles. The zero-order valence-corrected chi connectivity index (χ0v) is 17.9. The second-order valence-corrected chi connectivity index (χ2v) is 7.34. The van der Waals surface area contributed by atoms with E-state index in [-0.39, 0.29) is 12.5 Å². The third kappa shape index (κ3) is 3.75. The van der Waals surface area contributed by atoms with E-state index in [0.29, 0.717) is 22.9 Å². The Morgan fingerprint density at radius 3 is 2.41 bits per heavy atom. The van der Waals surface area contributed by atoms with Gasteiger partial charge in [-0.2, -0.15) is 5.11 Å². The van der Waals surface area contributed by atoms with Gasteiger partial charge in [0.05, 0.1) is 19.9 Å². The molecule has 1 saturated heterocycles. The van der Waals surface area contributed by atoms with E-state index in [2.05, 4.69) is 15.7 Å². The number of amides is 3. The first kappa shape index (κ1) is 21.3. The minimum atomic E-state index is -0.993. The molecule has 2 unspecified atom stereocenters. The Labute approximate surface area is 184 Å². The van der Waals surface area contributed by atoms with Crippen LogP contribution in [0.5, 0.6) is 11.5 Å². The summed E-state index contributed by atoms with van der Waals surface area (Å²) in [6, 6.07) is 10.3. The predicted octanol–water partition coefficient (Wildman–Crippen LogP) is 2.20. The number of anilines is 2. The van der Waals surface area contributed by atoms with Crippen LogP contribution in [0.3, 0.4) is 0 Å². The van der Waals surface area contributed by atoms with Gasteiger partial charge in [-0.3, -0.25) is 19.4 Å². The van der Waals surface area contributed by atoms with Crippen molar-refractivity contribution in [1.29, 1.82) is 0 Å². The van der Waals surface area contributed by atoms with Gasteiger partial charge >= 0.3 is 0 Å². The van der Waals surface area contributed by atoms with Gasteiger partial charge < -0.3 is 14.8 Å². The number of carbonyl (C=O) groups is 3. The molecule has 32 heavy (non-hydrogen) atoms. The molecule has 2 aromatic carbocycles. The SMILES string of the molecule is CCc1ccc(NC(=O)CN2N=NC3C(=O)N(c4ccc(OC)c(OC)c4)C(=O)C32)cc1. The molecule has 0 radical (unpaired) electrons. The quantitative estimate of drug-likeness (QED) is 0.665. The number of imide groups is 1. The number of aryl methyl sites for hydroxylation is 1. The summed E-state index contributed by atoms with van der Waals surface area (Å²) < 4.78 is 10.5. The number of hydrogen-bond donors (Lipinski definition) is 1. The summed E-state index contributed by atoms with van der Waals surface area (Å²) in [5.41, 5.74) is 2.13. The van der Waals surface area contributed by atoms with Gasteiger partial charge in [0.1, 0.15) is 6.54 Å². The Morgan fingerprint density at radius 2 is 1.75 bits per heavy atom. The molecule has 10 nitrogen and oxygen atoms in total. The summed E-state index contributed by atoms with van der Waals surface area (Å²) in [4.78, 5) is 39.6. The number of benzene rings is 2. The molecular weight excluding hydrogens is 414 g/mol. The first-order valence-corrected chi connectivity index (χ1v) is 10.1. The van der Waals surface area contributed by atoms with E-state index < -0.39 is 23.9 Å². The van der Waals surface area contributed by atoms with Crippen molar-refractivity contribution in [2.75, 3.05) is 31.0 Å². The third-order valence-electron chi connectivity index (χ3n) is 5.43. The van der Waals surface area contributed by atoms with Gasteiger partial charge in [0.25, 0.3) is 11.8 Å². The third-order valence-corrected chi connectivity index (χ3v) is 5.43. The average Bonchev–Trinajstić information content (AvgIpc) is 3.32. The van der Waals surface area contributed by atoms with E-state index in [1.807, 2.05) is 31.2 Å². The molecule has 2 aliphatic rings. The first-order chi connectivity index (χ1) is 15.5. The van der Waals surface area contributed by atoms with Crippen LogP contribution in [0, 0.1) is 0 Å². The smallest absolute Gasteiger partial charge is 0.263 e. The monoisotopic (exact) mass is 437 g/mol. The van der Waals surface area contributed by atoms with Crippen molar-refractivity contribution in [1.82, 2.24) is 5.01 Å². The molecule has 0 spiro atoms. The lowest BCUT2D eigenvalue weighted by atomic mass is 10.1. The van der Waals surface area contributed by atoms with E-state index >= 15 is 0 Å². The molecule has 166 valence electrons. The van der Waals surface area contributed by atoms with Gasteiger partial charge in [-0.05, 0) is 36.2 Å². The van der Waals surface area contributed by atoms with E-state index in [0.717, 1.165) is 16.9 Å². The van der Waals surface area contributed by atoms with Crippen molar-refractivity contribution in [3.05, 3.63) is 48.0 Å². The van der Waals surface area contributed by atoms with Crippen LogP contribution in [0.4, 0.5) is 11.4 Å². The first-order valence-electron chi connectivity index (χ1n) is 10.1. The average molecular weight is 437 g/mol. The lowest BCUT2D eigenvalue weighted by molar-refractivity contribution is -0.123. The molecule has 4 rings (SSSR count). The van der Waals surface area contributed by atoms with E-state index in [9.17, 15) is 14.4 Å². The van der Waals surface area contributed by atoms with Gasteiger partial charge in [0.15, 0.2) is 23.6 Å². The predicted molar refractivity (Wildman–Crippen MR) is 116 cm³/mol. The Morgan fingerprint density at radius 1 is 1.03 bits per heavy atom. The molecule has 2 heterocycles. The van der Waals surface area contributed by atoms with Gasteiger partial charge in [-0.25, -0.2) is 4.90 Å². The van der Waals surface area contributed by atoms with Crippen LogP contribution in [0.1, 0.15) is 12.5 Å². The van der Waals surface area contributed by atoms with Crippen LogP contribution in [-0.4, -0.2) is 55.6 Å². The highest BCUT2D eigenvalue weighted by molar-refractivity contribution is 6.25. The molecule has 0 aromatic heterocycles. The Balaban J connectivity index is 1.48. The topological polar surface area (TPSA) is 113 Å². The van der Waals surface area contributed by atoms with Gasteiger partial charge in [-0.1, -0.05) is 24.3 Å². The van der Waals surface area contributed by atoms with Crippen LogP contribution in [0.15, 0.2) is 52.8 Å². The summed E-state index contributed by atoms with van der Waals surface area (Å²) in [6.07, 6.45) is 0.901. The van der Waals surface area contributed by atoms with Crippen molar-refractivity contribution >= 4 is 29.1 Å². The van der Waals surface area contributed by atoms with Crippen molar-refractivity contribution < 1.29 is 23.9 Å². The molecule has 3 amide bonds. The Hall–Kier alpha value is -3.95. The fraction of sp³-hybridized carbons (Fsp3) is 0.318. The van der Waals surface area contributed by atoms with Gasteiger partial charge in [-0.15, -0.1) is 0 Å². The number of rotatable bonds is 7. The molecular formula is C22H23N5O5. The lowest BCUT2D eigenvalue weighted by Gasteiger charge is -2.20. The van der Waals surface area contributed by atoms with Crippen LogP contribution < -0.4 is 19.7 Å². The molecule has 2 aromatic rings. The Bertz CT molecular complexity index is 1080. The highest BCUT2D eigenvalue weighted by Gasteiger charge is 2.55. The number of nitrogens with one attached hydrogen (secondary N) is 1. The molecule has 0 bridgehead atoms. The van der Waals surface area contributed by atoms with Crippen molar-refractivity contribution in [2.24, 2.45) is 10.3 Å². The fourth-order valence-electron chi connectivity index (χ4n) is 3.74. The second kappa shape index (κ2) is 8.66. The Kier molecular flexibility index (Phi) is 5.76. The van der Waals surface area contributed by atoms with E-state index in [4.69, 9.17) is 9.47 Å². The minimum absolute atomic E-state index is 0.209. The highest BCUT2D eigenvalue weighted by Crippen LogP contribution is 2.36. The summed E-state index contributed by atoms with van der Waals surface area (Å²) in [5, 5.41) is 11.9. The molecule has 1 fully saturated rings. The van der Waals surface area contributed by atoms with Crippen molar-refractivity contribution in [3.63, 3.8) is 0 Å². The standard InChI is InChI=1S/C22H23N5O5/c1-4-13-5-7-14(8-6-13)23-18(28)12-26-20-19(24-25-26)21(29)27(22(20)30)15-9-10-16(31-2)17(11-15)32-3/h5-11,19-20H,4,12H2,1-3H3,(H,23,28). The van der Waals surface area contributed by atoms with E-state index in [1.165, 1.54) is 19.2 Å². The molecule has 2 atom stereocenters. The summed E-state index contributed by atoms with van der Waals surface area (Å²) >= 11 is 0. The number of fused-ring (bicyclic) bond motifs is 1. The number of methoxy groups -OCH3 is 2. The summed E-state index contributed by atoms with van der Waals surface area (Å²) in [5.74, 6) is -0.514. The number of ether oxygens (including phenoxy) is 2. The van der Waals surface area contributed by atoms with Crippen LogP contribution >= 0.6 is 0 Å². The molecule has 0 aliphatic carbocycles. The fourth-order valence-corrected chi connectivity index (χ4v) is 3.74. The number of carbonyl (C=O) groups excluding carboxylic acids is 3. The zero-order valence-electron chi connectivity index (χ0n) is 17.9.